The zero-order valence-electron chi connectivity index (χ0n) is 13.7. The van der Waals surface area contributed by atoms with Gasteiger partial charge in [-0.15, -0.1) is 0 Å². The fraction of sp³-hybridized carbons (Fsp3) is 0. The van der Waals surface area contributed by atoms with E-state index in [0.29, 0.717) is 37.9 Å². The van der Waals surface area contributed by atoms with Gasteiger partial charge in [-0.2, -0.15) is 0 Å². The fourth-order valence-electron chi connectivity index (χ4n) is 2.66. The maximum atomic E-state index is 12.2. The van der Waals surface area contributed by atoms with Gasteiger partial charge in [0.2, 0.25) is 0 Å². The summed E-state index contributed by atoms with van der Waals surface area (Å²) < 4.78 is 11.1. The summed E-state index contributed by atoms with van der Waals surface area (Å²) in [5.41, 5.74) is 1.88. The molecule has 2 heterocycles. The fourth-order valence-corrected chi connectivity index (χ4v) is 3.29. The smallest absolute Gasteiger partial charge is 0.343 e. The van der Waals surface area contributed by atoms with Crippen molar-refractivity contribution in [1.82, 2.24) is 0 Å². The second-order valence-electron chi connectivity index (χ2n) is 5.83. The van der Waals surface area contributed by atoms with Crippen LogP contribution in [0.25, 0.3) is 23.2 Å². The number of rotatable bonds is 3. The topological polar surface area (TPSA) is 39.4 Å². The highest BCUT2D eigenvalue weighted by atomic mass is 35.5. The zero-order chi connectivity index (χ0) is 19.0. The molecule has 6 heteroatoms. The number of carbonyl (C=O) groups is 1. The van der Waals surface area contributed by atoms with E-state index in [1.165, 1.54) is 0 Å². The number of hydrogen-bond acceptors (Lipinski definition) is 3. The molecule has 3 aromatic rings. The Bertz CT molecular complexity index is 1090. The Morgan fingerprint density at radius 2 is 1.59 bits per heavy atom. The summed E-state index contributed by atoms with van der Waals surface area (Å²) in [6.07, 6.45) is 3.29. The van der Waals surface area contributed by atoms with Crippen LogP contribution >= 0.6 is 34.8 Å². The third-order valence-corrected chi connectivity index (χ3v) is 4.77. The Labute approximate surface area is 170 Å². The molecule has 0 N–H and O–H groups in total. The number of esters is 1. The Hall–Kier alpha value is -2.46. The van der Waals surface area contributed by atoms with E-state index in [0.717, 1.165) is 11.1 Å². The second-order valence-corrected chi connectivity index (χ2v) is 7.11. The van der Waals surface area contributed by atoms with Crippen LogP contribution in [0.3, 0.4) is 0 Å². The Morgan fingerprint density at radius 1 is 0.852 bits per heavy atom. The van der Waals surface area contributed by atoms with Crippen LogP contribution in [0, 0.1) is 0 Å². The Balaban J connectivity index is 1.63. The number of furan rings is 1. The van der Waals surface area contributed by atoms with Crippen LogP contribution < -0.4 is 0 Å². The van der Waals surface area contributed by atoms with Gasteiger partial charge in [-0.25, -0.2) is 4.79 Å². The van der Waals surface area contributed by atoms with Crippen molar-refractivity contribution in [2.45, 2.75) is 0 Å². The lowest BCUT2D eigenvalue weighted by molar-refractivity contribution is -0.130. The van der Waals surface area contributed by atoms with Crippen LogP contribution in [0.15, 0.2) is 70.7 Å². The summed E-state index contributed by atoms with van der Waals surface area (Å²) >= 11 is 18.0. The van der Waals surface area contributed by atoms with Crippen molar-refractivity contribution in [1.29, 1.82) is 0 Å². The second kappa shape index (κ2) is 7.28. The Morgan fingerprint density at radius 3 is 2.33 bits per heavy atom. The number of carbonyl (C=O) groups excluding carboxylic acids is 1. The minimum Gasteiger partial charge on any atom is -0.457 e. The molecule has 134 valence electrons. The third kappa shape index (κ3) is 3.81. The molecular formula is C21H11Cl3O3. The van der Waals surface area contributed by atoms with Gasteiger partial charge in [-0.05, 0) is 66.7 Å². The highest BCUT2D eigenvalue weighted by Crippen LogP contribution is 2.33. The van der Waals surface area contributed by atoms with Gasteiger partial charge in [0, 0.05) is 21.2 Å². The molecule has 0 saturated carbocycles. The van der Waals surface area contributed by atoms with E-state index in [1.54, 1.807) is 66.7 Å². The summed E-state index contributed by atoms with van der Waals surface area (Å²) in [4.78, 5) is 12.2. The average Bonchev–Trinajstić information content (AvgIpc) is 3.23. The number of halogens is 3. The molecule has 0 aliphatic carbocycles. The molecule has 2 aromatic carbocycles. The van der Waals surface area contributed by atoms with Gasteiger partial charge in [0.25, 0.3) is 0 Å². The van der Waals surface area contributed by atoms with Gasteiger partial charge in [-0.3, -0.25) is 0 Å². The maximum Gasteiger partial charge on any atom is 0.343 e. The maximum absolute atomic E-state index is 12.2. The largest absolute Gasteiger partial charge is 0.457 e. The number of cyclic esters (lactones) is 1. The van der Waals surface area contributed by atoms with Crippen LogP contribution in [0.1, 0.15) is 11.3 Å². The minimum atomic E-state index is -0.442. The number of ether oxygens (including phenoxy) is 1. The molecule has 0 amide bonds. The van der Waals surface area contributed by atoms with Crippen molar-refractivity contribution in [2.75, 3.05) is 0 Å². The molecule has 0 fully saturated rings. The van der Waals surface area contributed by atoms with E-state index < -0.39 is 5.97 Å². The van der Waals surface area contributed by atoms with Gasteiger partial charge < -0.3 is 9.15 Å². The molecule has 3 nitrogen and oxygen atoms in total. The average molecular weight is 418 g/mol. The van der Waals surface area contributed by atoms with E-state index in [1.807, 2.05) is 0 Å². The van der Waals surface area contributed by atoms with Crippen molar-refractivity contribution in [3.05, 3.63) is 92.6 Å². The standard InChI is InChI=1S/C21H11Cl3O3/c22-14-3-1-12(2-4-14)20-10-13(21(25)27-20)9-16-6-8-19(26-16)17-7-5-15(23)11-18(17)24/h1-11H/b13-9-. The predicted molar refractivity (Wildman–Crippen MR) is 108 cm³/mol. The quantitative estimate of drug-likeness (QED) is 0.344. The van der Waals surface area contributed by atoms with Crippen LogP contribution in [-0.4, -0.2) is 5.97 Å². The van der Waals surface area contributed by atoms with Crippen molar-refractivity contribution in [2.24, 2.45) is 0 Å². The highest BCUT2D eigenvalue weighted by Gasteiger charge is 2.22. The van der Waals surface area contributed by atoms with Crippen LogP contribution in [-0.2, 0) is 9.53 Å². The molecule has 0 saturated heterocycles. The summed E-state index contributed by atoms with van der Waals surface area (Å²) in [7, 11) is 0. The minimum absolute atomic E-state index is 0.392. The summed E-state index contributed by atoms with van der Waals surface area (Å²) in [6.45, 7) is 0. The van der Waals surface area contributed by atoms with E-state index in [9.17, 15) is 4.79 Å². The van der Waals surface area contributed by atoms with Crippen molar-refractivity contribution in [3.8, 4) is 11.3 Å². The monoisotopic (exact) mass is 416 g/mol. The molecule has 1 aliphatic rings. The number of hydrogen-bond donors (Lipinski definition) is 0. The first kappa shape index (κ1) is 17.9. The van der Waals surface area contributed by atoms with Crippen molar-refractivity contribution < 1.29 is 13.9 Å². The molecule has 0 unspecified atom stereocenters. The van der Waals surface area contributed by atoms with E-state index >= 15 is 0 Å². The third-order valence-electron chi connectivity index (χ3n) is 3.97. The normalized spacial score (nSPS) is 15.1. The molecule has 0 radical (unpaired) electrons. The highest BCUT2D eigenvalue weighted by molar-refractivity contribution is 6.36. The lowest BCUT2D eigenvalue weighted by Gasteiger charge is -2.01. The van der Waals surface area contributed by atoms with Crippen molar-refractivity contribution in [3.63, 3.8) is 0 Å². The van der Waals surface area contributed by atoms with Gasteiger partial charge >= 0.3 is 5.97 Å². The first-order valence-electron chi connectivity index (χ1n) is 7.96. The van der Waals surface area contributed by atoms with Crippen LogP contribution in [0.4, 0.5) is 0 Å². The zero-order valence-corrected chi connectivity index (χ0v) is 16.0. The first-order chi connectivity index (χ1) is 13.0. The molecule has 27 heavy (non-hydrogen) atoms. The van der Waals surface area contributed by atoms with Gasteiger partial charge in [0.1, 0.15) is 17.3 Å². The van der Waals surface area contributed by atoms with E-state index in [2.05, 4.69) is 0 Å². The molecule has 0 spiro atoms. The summed E-state index contributed by atoms with van der Waals surface area (Å²) in [5, 5.41) is 1.65. The van der Waals surface area contributed by atoms with Gasteiger partial charge in [0.15, 0.2) is 0 Å². The number of benzene rings is 2. The lowest BCUT2D eigenvalue weighted by atomic mass is 10.1. The molecule has 1 aromatic heterocycles. The molecular weight excluding hydrogens is 407 g/mol. The van der Waals surface area contributed by atoms with Gasteiger partial charge in [0.05, 0.1) is 10.6 Å². The molecule has 4 rings (SSSR count). The van der Waals surface area contributed by atoms with Crippen LogP contribution in [0.5, 0.6) is 0 Å². The molecule has 1 aliphatic heterocycles. The van der Waals surface area contributed by atoms with E-state index in [-0.39, 0.29) is 0 Å². The summed E-state index contributed by atoms with van der Waals surface area (Å²) in [6, 6.07) is 15.8. The molecule has 0 bridgehead atoms. The Kier molecular flexibility index (Phi) is 4.83. The lowest BCUT2D eigenvalue weighted by Crippen LogP contribution is -1.96. The SMILES string of the molecule is O=C1OC(c2ccc(Cl)cc2)=C/C1=C/c1ccc(-c2ccc(Cl)cc2Cl)o1. The first-order valence-corrected chi connectivity index (χ1v) is 9.10. The van der Waals surface area contributed by atoms with Gasteiger partial charge in [-0.1, -0.05) is 34.8 Å². The summed E-state index contributed by atoms with van der Waals surface area (Å²) in [5.74, 6) is 1.12. The van der Waals surface area contributed by atoms with Crippen LogP contribution in [0.2, 0.25) is 15.1 Å². The predicted octanol–water partition coefficient (Wildman–Crippen LogP) is 6.89. The molecule has 0 atom stereocenters. The van der Waals surface area contributed by atoms with E-state index in [4.69, 9.17) is 44.0 Å². The van der Waals surface area contributed by atoms with Crippen molar-refractivity contribution >= 4 is 52.6 Å².